The quantitative estimate of drug-likeness (QED) is 0.138. The van der Waals surface area contributed by atoms with Gasteiger partial charge in [-0.05, 0) is 84.6 Å². The minimum absolute atomic E-state index is 0.00103. The van der Waals surface area contributed by atoms with Gasteiger partial charge in [-0.2, -0.15) is 0 Å². The average molecular weight is 758 g/mol. The molecule has 4 aromatic rings. The highest BCUT2D eigenvalue weighted by Crippen LogP contribution is 2.36. The van der Waals surface area contributed by atoms with Gasteiger partial charge in [-0.25, -0.2) is 14.4 Å². The molecule has 0 heterocycles. The second-order valence-corrected chi connectivity index (χ2v) is 11.6. The second kappa shape index (κ2) is 17.6. The molecule has 4 aromatic carbocycles. The van der Waals surface area contributed by atoms with Crippen molar-refractivity contribution >= 4 is 47.1 Å². The third kappa shape index (κ3) is 8.76. The van der Waals surface area contributed by atoms with Crippen molar-refractivity contribution in [2.45, 2.75) is 13.3 Å². The zero-order chi connectivity index (χ0) is 40.6. The van der Waals surface area contributed by atoms with Crippen LogP contribution in [-0.4, -0.2) is 85.5 Å². The van der Waals surface area contributed by atoms with Crippen LogP contribution < -0.4 is 34.7 Å². The van der Waals surface area contributed by atoms with E-state index in [9.17, 15) is 33.9 Å². The van der Waals surface area contributed by atoms with Gasteiger partial charge in [0.15, 0.2) is 11.5 Å². The van der Waals surface area contributed by atoms with E-state index in [0.29, 0.717) is 16.7 Å². The Labute approximate surface area is 315 Å². The highest BCUT2D eigenvalue weighted by Gasteiger charge is 2.25. The van der Waals surface area contributed by atoms with Crippen LogP contribution in [0.1, 0.15) is 78.8 Å². The smallest absolute Gasteiger partial charge is 0.341 e. The fraction of sp³-hybridized carbons (Fsp3) is 0.231. The summed E-state index contributed by atoms with van der Waals surface area (Å²) in [6.45, 7) is 1.56. The van der Waals surface area contributed by atoms with E-state index in [4.69, 9.17) is 33.2 Å². The molecule has 0 aliphatic heterocycles. The number of methoxy groups -OCH3 is 7. The number of esters is 3. The van der Waals surface area contributed by atoms with E-state index in [-0.39, 0.29) is 74.2 Å². The summed E-state index contributed by atoms with van der Waals surface area (Å²) >= 11 is 0. The third-order valence-corrected chi connectivity index (χ3v) is 8.25. The topological polar surface area (TPSA) is 214 Å². The first-order valence-electron chi connectivity index (χ1n) is 16.1. The average Bonchev–Trinajstić information content (AvgIpc) is 3.18. The monoisotopic (exact) mass is 757 g/mol. The highest BCUT2D eigenvalue weighted by molar-refractivity contribution is 6.09. The van der Waals surface area contributed by atoms with Crippen LogP contribution in [0.25, 0.3) is 0 Å². The number of hydrogen-bond donors (Lipinski definition) is 2. The normalized spacial score (nSPS) is 10.4. The summed E-state index contributed by atoms with van der Waals surface area (Å²) in [4.78, 5) is 77.2. The number of carbonyl (C=O) groups is 6. The molecule has 4 rings (SSSR count). The first-order valence-corrected chi connectivity index (χ1v) is 16.1. The van der Waals surface area contributed by atoms with Gasteiger partial charge in [-0.15, -0.1) is 0 Å². The number of hydrogen-bond acceptors (Lipinski definition) is 14. The van der Waals surface area contributed by atoms with Gasteiger partial charge in [0.2, 0.25) is 0 Å². The van der Waals surface area contributed by atoms with Gasteiger partial charge in [-0.3, -0.25) is 9.59 Å². The first kappa shape index (κ1) is 40.7. The van der Waals surface area contributed by atoms with Crippen LogP contribution in [0.15, 0.2) is 54.6 Å². The van der Waals surface area contributed by atoms with Crippen LogP contribution >= 0.6 is 0 Å². The van der Waals surface area contributed by atoms with Crippen molar-refractivity contribution in [2.24, 2.45) is 0 Å². The van der Waals surface area contributed by atoms with Crippen LogP contribution in [0.2, 0.25) is 0 Å². The number of carboxylic acids is 1. The predicted octanol–water partition coefficient (Wildman–Crippen LogP) is 3.85. The van der Waals surface area contributed by atoms with Gasteiger partial charge in [-0.1, -0.05) is 0 Å². The molecule has 0 radical (unpaired) electrons. The Bertz CT molecular complexity index is 2190. The summed E-state index contributed by atoms with van der Waals surface area (Å²) in [7, 11) is 8.73. The first-order chi connectivity index (χ1) is 26.2. The molecule has 0 bridgehead atoms. The lowest BCUT2D eigenvalue weighted by Gasteiger charge is -2.19. The maximum absolute atomic E-state index is 13.6. The summed E-state index contributed by atoms with van der Waals surface area (Å²) in [5.41, 5.74) is 0.737. The lowest BCUT2D eigenvalue weighted by atomic mass is 9.97. The van der Waals surface area contributed by atoms with E-state index in [0.717, 1.165) is 13.2 Å². The molecule has 0 aromatic heterocycles. The van der Waals surface area contributed by atoms with E-state index >= 15 is 0 Å². The van der Waals surface area contributed by atoms with Crippen molar-refractivity contribution in [1.29, 1.82) is 0 Å². The van der Waals surface area contributed by atoms with Gasteiger partial charge in [0.25, 0.3) is 11.8 Å². The van der Waals surface area contributed by atoms with Crippen LogP contribution in [0.5, 0.6) is 23.0 Å². The zero-order valence-corrected chi connectivity index (χ0v) is 31.1. The number of carboxylic acid groups (broad SMARTS) is 1. The Hall–Kier alpha value is -7.10. The van der Waals surface area contributed by atoms with Crippen LogP contribution in [0, 0.1) is 6.92 Å². The van der Waals surface area contributed by atoms with Crippen LogP contribution in [0.3, 0.4) is 0 Å². The van der Waals surface area contributed by atoms with Crippen molar-refractivity contribution in [2.75, 3.05) is 60.4 Å². The molecule has 16 heteroatoms. The summed E-state index contributed by atoms with van der Waals surface area (Å²) in [6, 6.07) is 12.6. The summed E-state index contributed by atoms with van der Waals surface area (Å²) < 4.78 is 36.2. The Kier molecular flexibility index (Phi) is 13.0. The third-order valence-electron chi connectivity index (χ3n) is 8.25. The summed E-state index contributed by atoms with van der Waals surface area (Å²) in [6.07, 6.45) is -0.0147. The molecule has 0 aliphatic carbocycles. The molecule has 0 saturated heterocycles. The number of aromatic carboxylic acids is 1. The van der Waals surface area contributed by atoms with Crippen molar-refractivity contribution < 1.29 is 67.0 Å². The standard InChI is InChI=1S/C39H38N2O14/c1-19-11-23(18-25(36(44)45)31(19)50-3)35(43)41-29-16-21(14-27(33(29)52-5)39(48)55-8)12-20-13-26(38(47)54-7)32(51-4)28(15-20)40-34(42)22-9-10-30(49-2)24(17-22)37(46)53-6/h9-11,13-18H,12H2,1-8H3,(H,40,42)(H,41,43)(H,44,45)/p-1. The number of anilines is 2. The largest absolute Gasteiger partial charge is 0.545 e. The van der Waals surface area contributed by atoms with E-state index < -0.39 is 35.7 Å². The fourth-order valence-corrected chi connectivity index (χ4v) is 5.80. The molecule has 288 valence electrons. The summed E-state index contributed by atoms with van der Waals surface area (Å²) in [5, 5.41) is 17.2. The second-order valence-electron chi connectivity index (χ2n) is 11.6. The molecule has 16 nitrogen and oxygen atoms in total. The number of aryl methyl sites for hydroxylation is 1. The number of nitrogens with one attached hydrogen (secondary N) is 2. The van der Waals surface area contributed by atoms with Crippen molar-refractivity contribution in [1.82, 2.24) is 0 Å². The molecule has 55 heavy (non-hydrogen) atoms. The Morgan fingerprint density at radius 2 is 0.982 bits per heavy atom. The Morgan fingerprint density at radius 1 is 0.527 bits per heavy atom. The van der Waals surface area contributed by atoms with Gasteiger partial charge >= 0.3 is 17.9 Å². The molecule has 2 amide bonds. The Morgan fingerprint density at radius 3 is 1.42 bits per heavy atom. The van der Waals surface area contributed by atoms with Gasteiger partial charge in [0.1, 0.15) is 28.2 Å². The van der Waals surface area contributed by atoms with Gasteiger partial charge < -0.3 is 53.7 Å². The van der Waals surface area contributed by atoms with Crippen molar-refractivity contribution in [3.05, 3.63) is 105 Å². The fourth-order valence-electron chi connectivity index (χ4n) is 5.80. The molecule has 0 atom stereocenters. The maximum atomic E-state index is 13.6. The molecule has 0 spiro atoms. The van der Waals surface area contributed by atoms with Crippen LogP contribution in [-0.2, 0) is 20.6 Å². The Balaban J connectivity index is 1.82. The zero-order valence-electron chi connectivity index (χ0n) is 31.1. The lowest BCUT2D eigenvalue weighted by molar-refractivity contribution is -0.255. The van der Waals surface area contributed by atoms with E-state index in [1.165, 1.54) is 91.2 Å². The molecule has 0 unspecified atom stereocenters. The van der Waals surface area contributed by atoms with Crippen molar-refractivity contribution in [3.63, 3.8) is 0 Å². The minimum Gasteiger partial charge on any atom is -0.545 e. The molecule has 0 aliphatic rings. The molecular formula is C39H37N2O14-. The number of carbonyl (C=O) groups excluding carboxylic acids is 6. The van der Waals surface area contributed by atoms with E-state index in [1.807, 2.05) is 0 Å². The number of rotatable bonds is 14. The number of ether oxygens (including phenoxy) is 7. The van der Waals surface area contributed by atoms with Crippen molar-refractivity contribution in [3.8, 4) is 23.0 Å². The maximum Gasteiger partial charge on any atom is 0.341 e. The van der Waals surface area contributed by atoms with E-state index in [2.05, 4.69) is 10.6 Å². The predicted molar refractivity (Wildman–Crippen MR) is 194 cm³/mol. The lowest BCUT2D eigenvalue weighted by Crippen LogP contribution is -2.24. The number of amides is 2. The van der Waals surface area contributed by atoms with Gasteiger partial charge in [0, 0.05) is 16.7 Å². The summed E-state index contributed by atoms with van der Waals surface area (Å²) in [5.74, 6) is -5.22. The number of benzene rings is 4. The molecule has 0 fully saturated rings. The minimum atomic E-state index is -1.56. The molecular weight excluding hydrogens is 720 g/mol. The van der Waals surface area contributed by atoms with Gasteiger partial charge in [0.05, 0.1) is 67.1 Å². The highest BCUT2D eigenvalue weighted by atomic mass is 16.5. The van der Waals surface area contributed by atoms with E-state index in [1.54, 1.807) is 6.92 Å². The molecule has 2 N–H and O–H groups in total. The SMILES string of the molecule is COC(=O)c1cc(C(=O)Nc2cc(Cc3cc(NC(=O)c4cc(C)c(OC)c(C(=O)[O-])c4)c(OC)c(C(=O)OC)c3)cc(C(=O)OC)c2OC)ccc1OC. The van der Waals surface area contributed by atoms with Crippen LogP contribution in [0.4, 0.5) is 11.4 Å². The molecule has 0 saturated carbocycles.